The minimum Gasteiger partial charge on any atom is -0.497 e. The third kappa shape index (κ3) is 4.10. The molecule has 0 spiro atoms. The van der Waals surface area contributed by atoms with E-state index < -0.39 is 0 Å². The lowest BCUT2D eigenvalue weighted by Gasteiger charge is -2.29. The van der Waals surface area contributed by atoms with Gasteiger partial charge in [-0.3, -0.25) is 4.79 Å². The van der Waals surface area contributed by atoms with E-state index in [1.807, 2.05) is 77.7 Å². The number of ether oxygens (including phenoxy) is 1. The Bertz CT molecular complexity index is 1580. The normalized spacial score (nSPS) is 13.0. The molecule has 0 N–H and O–H groups in total. The van der Waals surface area contributed by atoms with E-state index >= 15 is 0 Å². The van der Waals surface area contributed by atoms with Gasteiger partial charge in [0.2, 0.25) is 0 Å². The van der Waals surface area contributed by atoms with E-state index in [4.69, 9.17) is 26.4 Å². The molecule has 1 aliphatic rings. The van der Waals surface area contributed by atoms with E-state index in [0.29, 0.717) is 35.1 Å². The highest BCUT2D eigenvalue weighted by Gasteiger charge is 2.25. The molecule has 7 heteroatoms. The molecule has 3 heterocycles. The minimum absolute atomic E-state index is 0.0718. The largest absolute Gasteiger partial charge is 0.497 e. The van der Waals surface area contributed by atoms with Crippen LogP contribution in [0.1, 0.15) is 21.6 Å². The summed E-state index contributed by atoms with van der Waals surface area (Å²) in [5.41, 5.74) is 6.79. The van der Waals surface area contributed by atoms with E-state index in [1.165, 1.54) is 11.1 Å². The number of carbonyl (C=O) groups excluding carboxylic acids is 1. The van der Waals surface area contributed by atoms with Gasteiger partial charge >= 0.3 is 0 Å². The topological polar surface area (TPSA) is 59.7 Å². The Hall–Kier alpha value is -4.16. The number of fused-ring (bicyclic) bond motifs is 2. The maximum atomic E-state index is 13.9. The first-order valence-electron chi connectivity index (χ1n) is 11.8. The average molecular weight is 495 g/mol. The average Bonchev–Trinajstić information content (AvgIpc) is 3.36. The molecule has 3 aromatic carbocycles. The summed E-state index contributed by atoms with van der Waals surface area (Å²) in [6.07, 6.45) is 0.830. The standard InChI is InChI=1S/C29H23ClN4O2/c1-36-24-12-8-20(9-13-24)25-16-27(29(35)33-15-14-19-4-2-3-5-22(19)18-33)34-28(31-25)17-26(32-34)21-6-10-23(30)11-7-21/h2-13,16-17H,14-15,18H2,1H3. The van der Waals surface area contributed by atoms with Crippen LogP contribution in [0.4, 0.5) is 0 Å². The van der Waals surface area contributed by atoms with Crippen molar-refractivity contribution in [2.45, 2.75) is 13.0 Å². The van der Waals surface area contributed by atoms with Crippen molar-refractivity contribution in [3.8, 4) is 28.3 Å². The lowest BCUT2D eigenvalue weighted by atomic mass is 9.99. The maximum absolute atomic E-state index is 13.9. The number of aromatic nitrogens is 3. The van der Waals surface area contributed by atoms with Crippen LogP contribution in [0.3, 0.4) is 0 Å². The number of hydrogen-bond acceptors (Lipinski definition) is 4. The van der Waals surface area contributed by atoms with Gasteiger partial charge in [0.15, 0.2) is 5.65 Å². The number of halogens is 1. The predicted molar refractivity (Wildman–Crippen MR) is 140 cm³/mol. The first kappa shape index (κ1) is 22.3. The first-order valence-corrected chi connectivity index (χ1v) is 12.1. The second kappa shape index (κ2) is 9.13. The Morgan fingerprint density at radius 2 is 1.58 bits per heavy atom. The summed E-state index contributed by atoms with van der Waals surface area (Å²) in [6, 6.07) is 27.2. The number of amides is 1. The van der Waals surface area contributed by atoms with Gasteiger partial charge in [-0.1, -0.05) is 48.0 Å². The lowest BCUT2D eigenvalue weighted by Crippen LogP contribution is -2.37. The van der Waals surface area contributed by atoms with Crippen LogP contribution in [-0.4, -0.2) is 39.1 Å². The summed E-state index contributed by atoms with van der Waals surface area (Å²) in [7, 11) is 1.64. The predicted octanol–water partition coefficient (Wildman–Crippen LogP) is 5.92. The molecule has 0 fully saturated rings. The van der Waals surface area contributed by atoms with Crippen LogP contribution in [0.2, 0.25) is 5.02 Å². The van der Waals surface area contributed by atoms with Crippen molar-refractivity contribution >= 4 is 23.2 Å². The zero-order chi connectivity index (χ0) is 24.6. The van der Waals surface area contributed by atoms with Gasteiger partial charge in [-0.25, -0.2) is 9.50 Å². The number of methoxy groups -OCH3 is 1. The first-order chi connectivity index (χ1) is 17.6. The smallest absolute Gasteiger partial charge is 0.272 e. The molecule has 0 saturated carbocycles. The molecule has 2 aromatic heterocycles. The number of carbonyl (C=O) groups is 1. The molecular weight excluding hydrogens is 472 g/mol. The second-order valence-corrected chi connectivity index (χ2v) is 9.24. The number of rotatable bonds is 4. The van der Waals surface area contributed by atoms with Crippen molar-refractivity contribution in [3.63, 3.8) is 0 Å². The summed E-state index contributed by atoms with van der Waals surface area (Å²) in [5.74, 6) is 0.690. The SMILES string of the molecule is COc1ccc(-c2cc(C(=O)N3CCc4ccccc4C3)n3nc(-c4ccc(Cl)cc4)cc3n2)cc1. The van der Waals surface area contributed by atoms with E-state index in [-0.39, 0.29) is 5.91 Å². The third-order valence-electron chi connectivity index (χ3n) is 6.59. The monoisotopic (exact) mass is 494 g/mol. The molecule has 5 aromatic rings. The van der Waals surface area contributed by atoms with Crippen LogP contribution >= 0.6 is 11.6 Å². The molecule has 0 aliphatic carbocycles. The number of hydrogen-bond donors (Lipinski definition) is 0. The fraction of sp³-hybridized carbons (Fsp3) is 0.138. The van der Waals surface area contributed by atoms with Crippen LogP contribution < -0.4 is 4.74 Å². The molecule has 0 saturated heterocycles. The van der Waals surface area contributed by atoms with E-state index in [1.54, 1.807) is 11.6 Å². The minimum atomic E-state index is -0.0718. The van der Waals surface area contributed by atoms with Crippen molar-refractivity contribution in [2.24, 2.45) is 0 Å². The molecule has 0 radical (unpaired) electrons. The molecule has 36 heavy (non-hydrogen) atoms. The van der Waals surface area contributed by atoms with Crippen LogP contribution in [-0.2, 0) is 13.0 Å². The third-order valence-corrected chi connectivity index (χ3v) is 6.84. The molecular formula is C29H23ClN4O2. The Morgan fingerprint density at radius 3 is 2.33 bits per heavy atom. The van der Waals surface area contributed by atoms with Crippen LogP contribution in [0.15, 0.2) is 84.9 Å². The van der Waals surface area contributed by atoms with Crippen molar-refractivity contribution in [2.75, 3.05) is 13.7 Å². The highest BCUT2D eigenvalue weighted by Crippen LogP contribution is 2.28. The van der Waals surface area contributed by atoms with Crippen molar-refractivity contribution in [3.05, 3.63) is 107 Å². The van der Waals surface area contributed by atoms with Crippen LogP contribution in [0, 0.1) is 0 Å². The highest BCUT2D eigenvalue weighted by molar-refractivity contribution is 6.30. The summed E-state index contributed by atoms with van der Waals surface area (Å²) in [5, 5.41) is 5.43. The molecule has 1 amide bonds. The summed E-state index contributed by atoms with van der Waals surface area (Å²) < 4.78 is 6.95. The van der Waals surface area contributed by atoms with Gasteiger partial charge in [-0.15, -0.1) is 0 Å². The maximum Gasteiger partial charge on any atom is 0.272 e. The summed E-state index contributed by atoms with van der Waals surface area (Å²) in [6.45, 7) is 1.23. The molecule has 0 bridgehead atoms. The Balaban J connectivity index is 1.46. The Morgan fingerprint density at radius 1 is 0.889 bits per heavy atom. The lowest BCUT2D eigenvalue weighted by molar-refractivity contribution is 0.0725. The zero-order valence-corrected chi connectivity index (χ0v) is 20.4. The van der Waals surface area contributed by atoms with Gasteiger partial charge in [0.25, 0.3) is 5.91 Å². The quantitative estimate of drug-likeness (QED) is 0.311. The van der Waals surface area contributed by atoms with E-state index in [2.05, 4.69) is 12.1 Å². The van der Waals surface area contributed by atoms with Gasteiger partial charge in [0, 0.05) is 35.3 Å². The van der Waals surface area contributed by atoms with Crippen molar-refractivity contribution in [1.29, 1.82) is 0 Å². The van der Waals surface area contributed by atoms with Crippen LogP contribution in [0.5, 0.6) is 5.75 Å². The van der Waals surface area contributed by atoms with E-state index in [0.717, 1.165) is 29.0 Å². The fourth-order valence-electron chi connectivity index (χ4n) is 4.63. The van der Waals surface area contributed by atoms with Gasteiger partial charge in [0.05, 0.1) is 18.5 Å². The second-order valence-electron chi connectivity index (χ2n) is 8.81. The molecule has 6 rings (SSSR count). The Labute approximate surface area is 213 Å². The molecule has 0 unspecified atom stereocenters. The highest BCUT2D eigenvalue weighted by atomic mass is 35.5. The van der Waals surface area contributed by atoms with Gasteiger partial charge in [-0.2, -0.15) is 5.10 Å². The molecule has 6 nitrogen and oxygen atoms in total. The molecule has 178 valence electrons. The van der Waals surface area contributed by atoms with Gasteiger partial charge < -0.3 is 9.64 Å². The van der Waals surface area contributed by atoms with Crippen molar-refractivity contribution in [1.82, 2.24) is 19.5 Å². The van der Waals surface area contributed by atoms with Crippen molar-refractivity contribution < 1.29 is 9.53 Å². The summed E-state index contributed by atoms with van der Waals surface area (Å²) >= 11 is 6.08. The van der Waals surface area contributed by atoms with Gasteiger partial charge in [-0.05, 0) is 60.0 Å². The number of benzene rings is 3. The zero-order valence-electron chi connectivity index (χ0n) is 19.7. The molecule has 1 aliphatic heterocycles. The van der Waals surface area contributed by atoms with Crippen LogP contribution in [0.25, 0.3) is 28.2 Å². The van der Waals surface area contributed by atoms with Gasteiger partial charge in [0.1, 0.15) is 11.4 Å². The van der Waals surface area contributed by atoms with E-state index in [9.17, 15) is 4.79 Å². The molecule has 0 atom stereocenters. The Kier molecular flexibility index (Phi) is 5.66. The summed E-state index contributed by atoms with van der Waals surface area (Å²) in [4.78, 5) is 20.6. The number of nitrogens with zero attached hydrogens (tertiary/aromatic N) is 4. The fourth-order valence-corrected chi connectivity index (χ4v) is 4.76.